The zero-order valence-corrected chi connectivity index (χ0v) is 22.1. The number of anilines is 1. The number of nitrogens with one attached hydrogen (secondary N) is 1. The van der Waals surface area contributed by atoms with Gasteiger partial charge in [0.1, 0.15) is 0 Å². The smallest absolute Gasteiger partial charge is 0.363 e. The number of carbonyl (C=O) groups excluding carboxylic acids is 3. The first-order chi connectivity index (χ1) is 17.7. The van der Waals surface area contributed by atoms with Gasteiger partial charge in [-0.3, -0.25) is 4.79 Å². The first kappa shape index (κ1) is 26.1. The number of halogens is 2. The van der Waals surface area contributed by atoms with Gasteiger partial charge in [-0.2, -0.15) is 0 Å². The molecule has 0 aromatic heterocycles. The minimum absolute atomic E-state index is 0.0844. The van der Waals surface area contributed by atoms with E-state index in [1.54, 1.807) is 73.7 Å². The fourth-order valence-corrected chi connectivity index (χ4v) is 4.03. The third-order valence-corrected chi connectivity index (χ3v) is 5.82. The Kier molecular flexibility index (Phi) is 8.05. The molecular formula is C27H20BrClN2O6. The van der Waals surface area contributed by atoms with Crippen molar-refractivity contribution in [1.82, 2.24) is 0 Å². The molecular weight excluding hydrogens is 564 g/mol. The van der Waals surface area contributed by atoms with Crippen LogP contribution < -0.4 is 14.8 Å². The Balaban J connectivity index is 1.60. The van der Waals surface area contributed by atoms with Crippen LogP contribution in [0.25, 0.3) is 6.08 Å². The minimum atomic E-state index is -0.617. The molecule has 0 atom stereocenters. The van der Waals surface area contributed by atoms with E-state index < -0.39 is 11.9 Å². The number of esters is 2. The lowest BCUT2D eigenvalue weighted by Crippen LogP contribution is -2.10. The standard InChI is InChI=1S/C27H20BrClN2O6/c1-3-35-23-14-16(12-21(28)24(23)36-26(33)18-4-8-19(29)9-5-18)13-22-27(34)37-25(31-22)17-6-10-20(11-7-17)30-15(2)32/h4-14H,3H2,1-2H3,(H,30,32)/b22-13-. The zero-order valence-electron chi connectivity index (χ0n) is 19.7. The molecule has 188 valence electrons. The molecule has 0 unspecified atom stereocenters. The maximum absolute atomic E-state index is 12.6. The largest absolute Gasteiger partial charge is 0.490 e. The average molecular weight is 584 g/mol. The first-order valence-corrected chi connectivity index (χ1v) is 12.2. The van der Waals surface area contributed by atoms with Gasteiger partial charge in [0.15, 0.2) is 17.2 Å². The van der Waals surface area contributed by atoms with E-state index in [-0.39, 0.29) is 23.3 Å². The molecule has 3 aromatic rings. The number of cyclic esters (lactones) is 1. The Hall–Kier alpha value is -3.95. The summed E-state index contributed by atoms with van der Waals surface area (Å²) >= 11 is 9.32. The summed E-state index contributed by atoms with van der Waals surface area (Å²) in [6.07, 6.45) is 1.54. The summed E-state index contributed by atoms with van der Waals surface area (Å²) in [4.78, 5) is 40.6. The summed E-state index contributed by atoms with van der Waals surface area (Å²) in [5.41, 5.74) is 2.17. The Morgan fingerprint density at radius 3 is 2.46 bits per heavy atom. The average Bonchev–Trinajstić information content (AvgIpc) is 3.21. The van der Waals surface area contributed by atoms with Gasteiger partial charge in [0.2, 0.25) is 11.8 Å². The summed E-state index contributed by atoms with van der Waals surface area (Å²) in [5.74, 6) is -0.749. The lowest BCUT2D eigenvalue weighted by Gasteiger charge is -2.13. The van der Waals surface area contributed by atoms with Crippen molar-refractivity contribution < 1.29 is 28.6 Å². The maximum atomic E-state index is 12.6. The van der Waals surface area contributed by atoms with E-state index in [1.165, 1.54) is 6.92 Å². The van der Waals surface area contributed by atoms with Crippen LogP contribution in [0, 0.1) is 0 Å². The van der Waals surface area contributed by atoms with Crippen LogP contribution in [-0.2, 0) is 14.3 Å². The van der Waals surface area contributed by atoms with E-state index in [2.05, 4.69) is 26.2 Å². The molecule has 0 saturated carbocycles. The van der Waals surface area contributed by atoms with Crippen molar-refractivity contribution in [2.45, 2.75) is 13.8 Å². The molecule has 0 bridgehead atoms. The van der Waals surface area contributed by atoms with Crippen molar-refractivity contribution in [2.75, 3.05) is 11.9 Å². The van der Waals surface area contributed by atoms with E-state index in [1.807, 2.05) is 0 Å². The summed E-state index contributed by atoms with van der Waals surface area (Å²) in [5, 5.41) is 3.17. The van der Waals surface area contributed by atoms with Gasteiger partial charge in [0.25, 0.3) is 0 Å². The summed E-state index contributed by atoms with van der Waals surface area (Å²) < 4.78 is 17.1. The third-order valence-electron chi connectivity index (χ3n) is 4.98. The van der Waals surface area contributed by atoms with Gasteiger partial charge in [-0.25, -0.2) is 14.6 Å². The number of carbonyl (C=O) groups is 3. The number of nitrogens with zero attached hydrogens (tertiary/aromatic N) is 1. The zero-order chi connectivity index (χ0) is 26.5. The molecule has 1 aliphatic rings. The van der Waals surface area contributed by atoms with E-state index in [4.69, 9.17) is 25.8 Å². The van der Waals surface area contributed by atoms with Gasteiger partial charge in [0.05, 0.1) is 16.6 Å². The van der Waals surface area contributed by atoms with E-state index in [0.717, 1.165) is 0 Å². The topological polar surface area (TPSA) is 103 Å². The molecule has 1 amide bonds. The van der Waals surface area contributed by atoms with E-state index in [9.17, 15) is 14.4 Å². The molecule has 0 radical (unpaired) electrons. The Morgan fingerprint density at radius 1 is 1.11 bits per heavy atom. The highest BCUT2D eigenvalue weighted by molar-refractivity contribution is 9.10. The Morgan fingerprint density at radius 2 is 1.81 bits per heavy atom. The summed E-state index contributed by atoms with van der Waals surface area (Å²) in [6, 6.07) is 16.4. The van der Waals surface area contributed by atoms with Crippen molar-refractivity contribution in [2.24, 2.45) is 4.99 Å². The molecule has 0 saturated heterocycles. The van der Waals surface area contributed by atoms with Crippen molar-refractivity contribution >= 4 is 63.0 Å². The predicted octanol–water partition coefficient (Wildman–Crippen LogP) is 6.02. The number of aliphatic imine (C=N–C) groups is 1. The highest BCUT2D eigenvalue weighted by Gasteiger charge is 2.25. The Labute approximate surface area is 226 Å². The van der Waals surface area contributed by atoms with Crippen LogP contribution in [0.2, 0.25) is 5.02 Å². The number of benzene rings is 3. The highest BCUT2D eigenvalue weighted by atomic mass is 79.9. The van der Waals surface area contributed by atoms with Crippen molar-refractivity contribution in [3.05, 3.63) is 92.5 Å². The van der Waals surface area contributed by atoms with Crippen molar-refractivity contribution in [1.29, 1.82) is 0 Å². The van der Waals surface area contributed by atoms with Gasteiger partial charge in [-0.15, -0.1) is 0 Å². The molecule has 1 aliphatic heterocycles. The molecule has 1 N–H and O–H groups in total. The third kappa shape index (κ3) is 6.44. The van der Waals surface area contributed by atoms with Crippen LogP contribution in [0.3, 0.4) is 0 Å². The van der Waals surface area contributed by atoms with Crippen LogP contribution in [0.1, 0.15) is 35.3 Å². The van der Waals surface area contributed by atoms with Crippen LogP contribution in [-0.4, -0.2) is 30.4 Å². The second-order valence-electron chi connectivity index (χ2n) is 7.75. The number of hydrogen-bond donors (Lipinski definition) is 1. The second kappa shape index (κ2) is 11.4. The highest BCUT2D eigenvalue weighted by Crippen LogP contribution is 2.38. The fourth-order valence-electron chi connectivity index (χ4n) is 3.36. The Bertz CT molecular complexity index is 1430. The van der Waals surface area contributed by atoms with Crippen molar-refractivity contribution in [3.8, 4) is 11.5 Å². The second-order valence-corrected chi connectivity index (χ2v) is 9.04. The summed E-state index contributed by atoms with van der Waals surface area (Å²) in [6.45, 7) is 3.53. The maximum Gasteiger partial charge on any atom is 0.363 e. The van der Waals surface area contributed by atoms with Crippen LogP contribution in [0.5, 0.6) is 11.5 Å². The predicted molar refractivity (Wildman–Crippen MR) is 143 cm³/mol. The molecule has 4 rings (SSSR count). The van der Waals surface area contributed by atoms with Gasteiger partial charge in [-0.05, 0) is 95.2 Å². The molecule has 8 nitrogen and oxygen atoms in total. The van der Waals surface area contributed by atoms with Crippen LogP contribution >= 0.6 is 27.5 Å². The SMILES string of the molecule is CCOc1cc(/C=C2\N=C(c3ccc(NC(C)=O)cc3)OC2=O)cc(Br)c1OC(=O)c1ccc(Cl)cc1. The number of hydrogen-bond acceptors (Lipinski definition) is 7. The van der Waals surface area contributed by atoms with Crippen molar-refractivity contribution in [3.63, 3.8) is 0 Å². The van der Waals surface area contributed by atoms with Gasteiger partial charge in [0, 0.05) is 23.2 Å². The van der Waals surface area contributed by atoms with E-state index in [0.29, 0.717) is 44.2 Å². The van der Waals surface area contributed by atoms with Crippen LogP contribution in [0.15, 0.2) is 75.8 Å². The normalized spacial score (nSPS) is 13.7. The number of rotatable bonds is 7. The lowest BCUT2D eigenvalue weighted by atomic mass is 10.1. The molecule has 37 heavy (non-hydrogen) atoms. The molecule has 0 spiro atoms. The number of ether oxygens (including phenoxy) is 3. The monoisotopic (exact) mass is 582 g/mol. The van der Waals surface area contributed by atoms with E-state index >= 15 is 0 Å². The first-order valence-electron chi connectivity index (χ1n) is 11.1. The molecule has 0 fully saturated rings. The van der Waals surface area contributed by atoms with Gasteiger partial charge >= 0.3 is 11.9 Å². The molecule has 1 heterocycles. The quantitative estimate of drug-likeness (QED) is 0.207. The number of amides is 1. The fraction of sp³-hybridized carbons (Fsp3) is 0.111. The molecule has 10 heteroatoms. The van der Waals surface area contributed by atoms with Gasteiger partial charge in [-0.1, -0.05) is 11.6 Å². The molecule has 0 aliphatic carbocycles. The van der Waals surface area contributed by atoms with Crippen LogP contribution in [0.4, 0.5) is 5.69 Å². The van der Waals surface area contributed by atoms with Gasteiger partial charge < -0.3 is 19.5 Å². The lowest BCUT2D eigenvalue weighted by molar-refractivity contribution is -0.130. The molecule has 3 aromatic carbocycles. The summed E-state index contributed by atoms with van der Waals surface area (Å²) in [7, 11) is 0. The minimum Gasteiger partial charge on any atom is -0.490 e.